The van der Waals surface area contributed by atoms with Crippen LogP contribution in [0.1, 0.15) is 24.0 Å². The maximum absolute atomic E-state index is 4.32. The van der Waals surface area contributed by atoms with Gasteiger partial charge in [0.15, 0.2) is 0 Å². The van der Waals surface area contributed by atoms with Crippen LogP contribution in [0.3, 0.4) is 0 Å². The lowest BCUT2D eigenvalue weighted by molar-refractivity contribution is 1.16. The normalized spacial score (nSPS) is 21.4. The molecule has 0 aliphatic heterocycles. The molecule has 0 nitrogen and oxygen atoms in total. The molecule has 0 heteroatoms. The Bertz CT molecular complexity index is 863. The molecule has 4 rings (SSSR count). The lowest BCUT2D eigenvalue weighted by Gasteiger charge is -2.18. The third-order valence-corrected chi connectivity index (χ3v) is 4.87. The van der Waals surface area contributed by atoms with E-state index in [4.69, 9.17) is 0 Å². The molecule has 0 atom stereocenters. The SMILES string of the molecule is C=C1CC(C2=CC=CC2)=CC1=CC1=CCc2ccccc2C1=C. The van der Waals surface area contributed by atoms with Crippen molar-refractivity contribution in [2.24, 2.45) is 0 Å². The van der Waals surface area contributed by atoms with Crippen molar-refractivity contribution in [1.29, 1.82) is 0 Å². The van der Waals surface area contributed by atoms with Crippen LogP contribution in [0.5, 0.6) is 0 Å². The Labute approximate surface area is 138 Å². The Morgan fingerprint density at radius 1 is 1.00 bits per heavy atom. The fraction of sp³-hybridized carbons (Fsp3) is 0.130. The van der Waals surface area contributed by atoms with Crippen LogP contribution in [0, 0.1) is 0 Å². The molecule has 1 aromatic rings. The largest absolute Gasteiger partial charge is 0.0949 e. The number of rotatable bonds is 2. The third-order valence-electron chi connectivity index (χ3n) is 4.87. The summed E-state index contributed by atoms with van der Waals surface area (Å²) in [5, 5.41) is 0. The highest BCUT2D eigenvalue weighted by molar-refractivity contribution is 5.84. The number of hydrogen-bond acceptors (Lipinski definition) is 0. The Morgan fingerprint density at radius 3 is 2.70 bits per heavy atom. The zero-order valence-corrected chi connectivity index (χ0v) is 13.3. The molecule has 0 radical (unpaired) electrons. The maximum atomic E-state index is 4.32. The summed E-state index contributed by atoms with van der Waals surface area (Å²) < 4.78 is 0. The van der Waals surface area contributed by atoms with Crippen molar-refractivity contribution in [3.63, 3.8) is 0 Å². The molecule has 0 aromatic heterocycles. The van der Waals surface area contributed by atoms with Crippen LogP contribution in [0.25, 0.3) is 5.57 Å². The number of hydrogen-bond donors (Lipinski definition) is 0. The van der Waals surface area contributed by atoms with Crippen molar-refractivity contribution in [3.05, 3.63) is 113 Å². The van der Waals surface area contributed by atoms with Gasteiger partial charge in [-0.15, -0.1) is 0 Å². The van der Waals surface area contributed by atoms with E-state index in [0.717, 1.165) is 24.8 Å². The molecule has 0 heterocycles. The second kappa shape index (κ2) is 5.55. The first-order valence-corrected chi connectivity index (χ1v) is 8.16. The minimum Gasteiger partial charge on any atom is -0.0949 e. The van der Waals surface area contributed by atoms with Crippen LogP contribution in [0.2, 0.25) is 0 Å². The summed E-state index contributed by atoms with van der Waals surface area (Å²) in [6, 6.07) is 8.54. The Morgan fingerprint density at radius 2 is 1.87 bits per heavy atom. The summed E-state index contributed by atoms with van der Waals surface area (Å²) in [6.45, 7) is 8.58. The van der Waals surface area contributed by atoms with Gasteiger partial charge in [-0.1, -0.05) is 67.8 Å². The molecule has 0 N–H and O–H groups in total. The highest BCUT2D eigenvalue weighted by Crippen LogP contribution is 2.38. The van der Waals surface area contributed by atoms with Gasteiger partial charge in [-0.05, 0) is 69.9 Å². The zero-order chi connectivity index (χ0) is 15.8. The minimum absolute atomic E-state index is 0.968. The fourth-order valence-corrected chi connectivity index (χ4v) is 3.51. The summed E-state index contributed by atoms with van der Waals surface area (Å²) >= 11 is 0. The van der Waals surface area contributed by atoms with Crippen LogP contribution < -0.4 is 0 Å². The van der Waals surface area contributed by atoms with Crippen molar-refractivity contribution in [2.45, 2.75) is 19.3 Å². The first kappa shape index (κ1) is 14.0. The van der Waals surface area contributed by atoms with Gasteiger partial charge in [0.05, 0.1) is 0 Å². The lowest BCUT2D eigenvalue weighted by atomic mass is 9.87. The second-order valence-electron chi connectivity index (χ2n) is 6.37. The Balaban J connectivity index is 1.65. The first-order chi connectivity index (χ1) is 11.2. The topological polar surface area (TPSA) is 0 Å². The molecule has 0 amide bonds. The summed E-state index contributed by atoms with van der Waals surface area (Å²) in [4.78, 5) is 0. The van der Waals surface area contributed by atoms with Crippen LogP contribution in [-0.4, -0.2) is 0 Å². The molecule has 3 aliphatic carbocycles. The lowest BCUT2D eigenvalue weighted by Crippen LogP contribution is -2.00. The molecule has 0 saturated carbocycles. The van der Waals surface area contributed by atoms with Gasteiger partial charge in [0.25, 0.3) is 0 Å². The molecule has 0 saturated heterocycles. The van der Waals surface area contributed by atoms with Crippen LogP contribution in [0.4, 0.5) is 0 Å². The van der Waals surface area contributed by atoms with E-state index in [1.165, 1.54) is 39.0 Å². The van der Waals surface area contributed by atoms with Crippen molar-refractivity contribution in [1.82, 2.24) is 0 Å². The Hall–Kier alpha value is -2.60. The van der Waals surface area contributed by atoms with E-state index < -0.39 is 0 Å². The average molecular weight is 296 g/mol. The molecule has 1 aromatic carbocycles. The smallest absolute Gasteiger partial charge is 0.00226 e. The number of benzene rings is 1. The summed E-state index contributed by atoms with van der Waals surface area (Å²) in [5.74, 6) is 0. The van der Waals surface area contributed by atoms with Crippen molar-refractivity contribution in [3.8, 4) is 0 Å². The second-order valence-corrected chi connectivity index (χ2v) is 6.37. The molecule has 0 fully saturated rings. The highest BCUT2D eigenvalue weighted by Gasteiger charge is 2.19. The van der Waals surface area contributed by atoms with Gasteiger partial charge in [-0.3, -0.25) is 0 Å². The molecule has 23 heavy (non-hydrogen) atoms. The maximum Gasteiger partial charge on any atom is -0.00226 e. The van der Waals surface area contributed by atoms with Gasteiger partial charge in [0.1, 0.15) is 0 Å². The van der Waals surface area contributed by atoms with Crippen molar-refractivity contribution in [2.75, 3.05) is 0 Å². The van der Waals surface area contributed by atoms with Crippen LogP contribution >= 0.6 is 0 Å². The van der Waals surface area contributed by atoms with Crippen LogP contribution in [-0.2, 0) is 6.42 Å². The fourth-order valence-electron chi connectivity index (χ4n) is 3.51. The van der Waals surface area contributed by atoms with E-state index in [-0.39, 0.29) is 0 Å². The number of fused-ring (bicyclic) bond motifs is 1. The van der Waals surface area contributed by atoms with E-state index in [1.54, 1.807) is 0 Å². The van der Waals surface area contributed by atoms with E-state index in [0.29, 0.717) is 0 Å². The molecule has 0 bridgehead atoms. The van der Waals surface area contributed by atoms with Gasteiger partial charge >= 0.3 is 0 Å². The standard InChI is InChI=1S/C23H20/c1-16-13-22(18-7-3-4-8-18)15-21(16)14-20-12-11-19-9-5-6-10-23(19)17(20)2/h3-7,9-10,12,14-15H,1-2,8,11,13H2. The summed E-state index contributed by atoms with van der Waals surface area (Å²) in [7, 11) is 0. The van der Waals surface area contributed by atoms with Gasteiger partial charge in [0.2, 0.25) is 0 Å². The summed E-state index contributed by atoms with van der Waals surface area (Å²) in [6.07, 6.45) is 16.4. The van der Waals surface area contributed by atoms with Gasteiger partial charge in [0, 0.05) is 0 Å². The molecule has 0 spiro atoms. The molecular weight excluding hydrogens is 276 g/mol. The van der Waals surface area contributed by atoms with E-state index in [9.17, 15) is 0 Å². The third kappa shape index (κ3) is 2.51. The monoisotopic (exact) mass is 296 g/mol. The van der Waals surface area contributed by atoms with Crippen molar-refractivity contribution < 1.29 is 0 Å². The minimum atomic E-state index is 0.968. The molecule has 3 aliphatic rings. The van der Waals surface area contributed by atoms with Crippen molar-refractivity contribution >= 4 is 5.57 Å². The molecule has 0 unspecified atom stereocenters. The highest BCUT2D eigenvalue weighted by atomic mass is 14.2. The molecule has 112 valence electrons. The predicted molar refractivity (Wildman–Crippen MR) is 99.0 cm³/mol. The van der Waals surface area contributed by atoms with Gasteiger partial charge in [-0.25, -0.2) is 0 Å². The zero-order valence-electron chi connectivity index (χ0n) is 13.3. The average Bonchev–Trinajstić information content (AvgIpc) is 3.21. The Kier molecular flexibility index (Phi) is 3.38. The molecular formula is C23H20. The van der Waals surface area contributed by atoms with Gasteiger partial charge in [-0.2, -0.15) is 0 Å². The van der Waals surface area contributed by atoms with Crippen LogP contribution in [0.15, 0.2) is 102 Å². The van der Waals surface area contributed by atoms with E-state index in [1.807, 2.05) is 0 Å². The van der Waals surface area contributed by atoms with E-state index in [2.05, 4.69) is 73.9 Å². The van der Waals surface area contributed by atoms with Gasteiger partial charge < -0.3 is 0 Å². The number of allylic oxidation sites excluding steroid dienone is 12. The summed E-state index contributed by atoms with van der Waals surface area (Å²) in [5.41, 5.74) is 10.3. The van der Waals surface area contributed by atoms with E-state index >= 15 is 0 Å². The predicted octanol–water partition coefficient (Wildman–Crippen LogP) is 5.88. The quantitative estimate of drug-likeness (QED) is 0.639. The first-order valence-electron chi connectivity index (χ1n) is 8.16.